The number of carbonyl (C=O) groups excluding carboxylic acids is 1. The van der Waals surface area contributed by atoms with Crippen LogP contribution in [-0.4, -0.2) is 48.6 Å². The molecule has 4 heterocycles. The molecule has 2 aromatic carbocycles. The van der Waals surface area contributed by atoms with Crippen molar-refractivity contribution in [1.29, 1.82) is 0 Å². The number of ether oxygens (including phenoxy) is 1. The molecule has 1 amide bonds. The van der Waals surface area contributed by atoms with Gasteiger partial charge in [0.25, 0.3) is 5.91 Å². The van der Waals surface area contributed by atoms with Crippen LogP contribution in [0.3, 0.4) is 0 Å². The van der Waals surface area contributed by atoms with Crippen LogP contribution in [0.4, 0.5) is 27.8 Å². The quantitative estimate of drug-likeness (QED) is 0.217. The molecule has 1 aliphatic rings. The van der Waals surface area contributed by atoms with Crippen molar-refractivity contribution in [3.8, 4) is 22.8 Å². The van der Waals surface area contributed by atoms with Crippen molar-refractivity contribution in [2.75, 3.05) is 18.8 Å². The van der Waals surface area contributed by atoms with Gasteiger partial charge in [0.15, 0.2) is 17.3 Å². The number of nitrogens with zero attached hydrogens (tertiary/aromatic N) is 6. The third-order valence-corrected chi connectivity index (χ3v) is 6.94. The predicted molar refractivity (Wildman–Crippen MR) is 140 cm³/mol. The minimum Gasteiger partial charge on any atom is -0.451 e. The largest absolute Gasteiger partial charge is 0.451 e. The van der Waals surface area contributed by atoms with Gasteiger partial charge in [-0.1, -0.05) is 0 Å². The number of fused-ring (bicyclic) bond motifs is 1. The van der Waals surface area contributed by atoms with Gasteiger partial charge in [0.05, 0.1) is 17.0 Å². The van der Waals surface area contributed by atoms with Crippen LogP contribution >= 0.6 is 0 Å². The number of carbonyl (C=O) groups is 1. The molecule has 42 heavy (non-hydrogen) atoms. The molecule has 0 radical (unpaired) electrons. The summed E-state index contributed by atoms with van der Waals surface area (Å²) in [7, 11) is 0. The fourth-order valence-electron chi connectivity index (χ4n) is 4.96. The molecule has 0 aliphatic carbocycles. The van der Waals surface area contributed by atoms with Crippen molar-refractivity contribution in [2.45, 2.75) is 18.9 Å². The Hall–Kier alpha value is -5.14. The second kappa shape index (κ2) is 10.7. The SMILES string of the molecule is Nc1ncnc2c1c(-c1ccc(Oc3c(F)c(F)cc(F)c3F)cc1F)nn2C1CCCN(C(=O)c2cccnc2)C1. The molecule has 0 spiro atoms. The highest BCUT2D eigenvalue weighted by atomic mass is 19.2. The summed E-state index contributed by atoms with van der Waals surface area (Å²) in [4.78, 5) is 27.1. The average molecular weight is 582 g/mol. The van der Waals surface area contributed by atoms with Crippen LogP contribution in [-0.2, 0) is 0 Å². The highest BCUT2D eigenvalue weighted by Crippen LogP contribution is 2.37. The Morgan fingerprint density at radius 3 is 2.50 bits per heavy atom. The van der Waals surface area contributed by atoms with Gasteiger partial charge in [-0.25, -0.2) is 27.8 Å². The number of likely N-dealkylation sites (tertiary alicyclic amines) is 1. The molecule has 5 aromatic rings. The number of hydrogen-bond donors (Lipinski definition) is 1. The fraction of sp³-hybridized carbons (Fsp3) is 0.179. The summed E-state index contributed by atoms with van der Waals surface area (Å²) in [5.74, 6) is -9.75. The zero-order valence-corrected chi connectivity index (χ0v) is 21.6. The van der Waals surface area contributed by atoms with Crippen molar-refractivity contribution in [2.24, 2.45) is 0 Å². The number of amides is 1. The first-order valence-electron chi connectivity index (χ1n) is 12.7. The minimum atomic E-state index is -1.77. The van der Waals surface area contributed by atoms with Gasteiger partial charge in [-0.05, 0) is 37.1 Å². The van der Waals surface area contributed by atoms with Gasteiger partial charge in [-0.2, -0.15) is 13.9 Å². The van der Waals surface area contributed by atoms with Crippen molar-refractivity contribution in [1.82, 2.24) is 29.6 Å². The molecular weight excluding hydrogens is 561 g/mol. The average Bonchev–Trinajstić information content (AvgIpc) is 3.39. The first-order valence-corrected chi connectivity index (χ1v) is 12.7. The van der Waals surface area contributed by atoms with Crippen LogP contribution in [0.5, 0.6) is 11.5 Å². The maximum atomic E-state index is 15.5. The van der Waals surface area contributed by atoms with Crippen LogP contribution < -0.4 is 10.5 Å². The van der Waals surface area contributed by atoms with E-state index < -0.39 is 40.6 Å². The third kappa shape index (κ3) is 4.74. The number of rotatable bonds is 5. The lowest BCUT2D eigenvalue weighted by atomic mass is 10.0. The molecule has 1 unspecified atom stereocenters. The van der Waals surface area contributed by atoms with Crippen LogP contribution in [0, 0.1) is 29.1 Å². The zero-order valence-electron chi connectivity index (χ0n) is 21.6. The molecule has 1 saturated heterocycles. The van der Waals surface area contributed by atoms with Gasteiger partial charge in [-0.3, -0.25) is 9.78 Å². The predicted octanol–water partition coefficient (Wildman–Crippen LogP) is 5.44. The fourth-order valence-corrected chi connectivity index (χ4v) is 4.96. The van der Waals surface area contributed by atoms with Crippen LogP contribution in [0.2, 0.25) is 0 Å². The Kier molecular flexibility index (Phi) is 6.88. The topological polar surface area (TPSA) is 112 Å². The van der Waals surface area contributed by atoms with Gasteiger partial charge in [0.1, 0.15) is 29.4 Å². The van der Waals surface area contributed by atoms with E-state index in [4.69, 9.17) is 10.5 Å². The van der Waals surface area contributed by atoms with E-state index in [2.05, 4.69) is 20.1 Å². The summed E-state index contributed by atoms with van der Waals surface area (Å²) >= 11 is 0. The lowest BCUT2D eigenvalue weighted by Crippen LogP contribution is -2.41. The summed E-state index contributed by atoms with van der Waals surface area (Å²) in [5, 5.41) is 4.88. The Labute approximate surface area is 234 Å². The summed E-state index contributed by atoms with van der Waals surface area (Å²) in [6.07, 6.45) is 5.63. The molecule has 1 aliphatic heterocycles. The Balaban J connectivity index is 1.35. The monoisotopic (exact) mass is 581 g/mol. The van der Waals surface area contributed by atoms with Gasteiger partial charge >= 0.3 is 0 Å². The molecule has 1 fully saturated rings. The van der Waals surface area contributed by atoms with Gasteiger partial charge in [-0.15, -0.1) is 0 Å². The lowest BCUT2D eigenvalue weighted by Gasteiger charge is -2.33. The van der Waals surface area contributed by atoms with Crippen LogP contribution in [0.1, 0.15) is 29.2 Å². The number of aromatic nitrogens is 5. The first kappa shape index (κ1) is 27.1. The van der Waals surface area contributed by atoms with E-state index in [0.717, 1.165) is 12.1 Å². The number of nitrogen functional groups attached to an aromatic ring is 1. The number of anilines is 1. The van der Waals surface area contributed by atoms with E-state index >= 15 is 4.39 Å². The molecule has 3 aromatic heterocycles. The maximum absolute atomic E-state index is 15.5. The van der Waals surface area contributed by atoms with E-state index in [1.54, 1.807) is 27.9 Å². The van der Waals surface area contributed by atoms with E-state index in [9.17, 15) is 22.4 Å². The van der Waals surface area contributed by atoms with E-state index in [0.29, 0.717) is 37.1 Å². The Morgan fingerprint density at radius 2 is 1.79 bits per heavy atom. The van der Waals surface area contributed by atoms with E-state index in [1.165, 1.54) is 18.6 Å². The standard InChI is InChI=1S/C28H20F5N7O2/c29-18-9-16(42-25-22(32)19(30)10-20(31)23(25)33)5-6-17(18)24-21-26(34)36-13-37-27(21)40(38-24)15-4-2-8-39(12-15)28(41)14-3-1-7-35-11-14/h1,3,5-7,9-11,13,15H,2,4,8,12H2,(H2,34,36,37). The van der Waals surface area contributed by atoms with Crippen molar-refractivity contribution >= 4 is 22.8 Å². The maximum Gasteiger partial charge on any atom is 0.255 e. The second-order valence-electron chi connectivity index (χ2n) is 9.58. The lowest BCUT2D eigenvalue weighted by molar-refractivity contribution is 0.0674. The second-order valence-corrected chi connectivity index (χ2v) is 9.58. The molecule has 2 N–H and O–H groups in total. The van der Waals surface area contributed by atoms with Crippen molar-refractivity contribution < 1.29 is 31.5 Å². The highest BCUT2D eigenvalue weighted by Gasteiger charge is 2.30. The molecule has 1 atom stereocenters. The smallest absolute Gasteiger partial charge is 0.255 e. The van der Waals surface area contributed by atoms with Crippen molar-refractivity contribution in [3.63, 3.8) is 0 Å². The summed E-state index contributed by atoms with van der Waals surface area (Å²) < 4.78 is 77.3. The minimum absolute atomic E-state index is 0.0273. The zero-order chi connectivity index (χ0) is 29.5. The number of nitrogens with two attached hydrogens (primary N) is 1. The number of hydrogen-bond acceptors (Lipinski definition) is 7. The molecule has 14 heteroatoms. The van der Waals surface area contributed by atoms with Gasteiger partial charge in [0.2, 0.25) is 17.4 Å². The van der Waals surface area contributed by atoms with Crippen LogP contribution in [0.25, 0.3) is 22.3 Å². The van der Waals surface area contributed by atoms with E-state index in [-0.39, 0.29) is 40.5 Å². The molecule has 9 nitrogen and oxygen atoms in total. The normalized spacial score (nSPS) is 15.3. The molecule has 0 saturated carbocycles. The summed E-state index contributed by atoms with van der Waals surface area (Å²) in [6, 6.07) is 6.22. The summed E-state index contributed by atoms with van der Waals surface area (Å²) in [6.45, 7) is 0.824. The van der Waals surface area contributed by atoms with Crippen molar-refractivity contribution in [3.05, 3.63) is 89.8 Å². The Morgan fingerprint density at radius 1 is 1.00 bits per heavy atom. The van der Waals surface area contributed by atoms with Gasteiger partial charge < -0.3 is 15.4 Å². The molecular formula is C28H20F5N7O2. The number of halogens is 5. The highest BCUT2D eigenvalue weighted by molar-refractivity contribution is 5.98. The van der Waals surface area contributed by atoms with Crippen LogP contribution in [0.15, 0.2) is 55.1 Å². The van der Waals surface area contributed by atoms with Gasteiger partial charge in [0, 0.05) is 43.2 Å². The Bertz CT molecular complexity index is 1810. The molecule has 214 valence electrons. The number of pyridine rings is 1. The van der Waals surface area contributed by atoms with E-state index in [1.807, 2.05) is 0 Å². The first-order chi connectivity index (χ1) is 20.2. The number of benzene rings is 2. The molecule has 6 rings (SSSR count). The number of piperidine rings is 1. The summed E-state index contributed by atoms with van der Waals surface area (Å²) in [5.41, 5.74) is 6.93. The molecule has 0 bridgehead atoms. The third-order valence-electron chi connectivity index (χ3n) is 6.94.